The molecule has 5 nitrogen and oxygen atoms in total. The molecule has 3 aliphatic rings. The quantitative estimate of drug-likeness (QED) is 0.642. The Morgan fingerprint density at radius 2 is 1.95 bits per heavy atom. The fourth-order valence-corrected chi connectivity index (χ4v) is 5.90. The highest BCUT2D eigenvalue weighted by Gasteiger charge is 2.58. The highest BCUT2D eigenvalue weighted by molar-refractivity contribution is 5.69. The summed E-state index contributed by atoms with van der Waals surface area (Å²) >= 11 is 0. The van der Waals surface area contributed by atoms with Gasteiger partial charge in [0.2, 0.25) is 6.79 Å². The van der Waals surface area contributed by atoms with E-state index in [9.17, 15) is 9.59 Å². The number of ether oxygens (including phenoxy) is 2. The van der Waals surface area contributed by atoms with Crippen LogP contribution in [-0.2, 0) is 14.3 Å². The maximum absolute atomic E-state index is 12.1. The molecule has 22 heavy (non-hydrogen) atoms. The molecule has 3 bridgehead atoms. The Kier molecular flexibility index (Phi) is 3.86. The third-order valence-electron chi connectivity index (χ3n) is 6.18. The highest BCUT2D eigenvalue weighted by atomic mass is 16.7. The predicted molar refractivity (Wildman–Crippen MR) is 80.9 cm³/mol. The Morgan fingerprint density at radius 1 is 1.18 bits per heavy atom. The van der Waals surface area contributed by atoms with Crippen molar-refractivity contribution in [3.05, 3.63) is 0 Å². The van der Waals surface area contributed by atoms with Crippen LogP contribution in [0.15, 0.2) is 0 Å². The van der Waals surface area contributed by atoms with E-state index in [4.69, 9.17) is 4.74 Å². The molecule has 3 aliphatic carbocycles. The van der Waals surface area contributed by atoms with Gasteiger partial charge in [-0.3, -0.25) is 4.79 Å². The Hall–Kier alpha value is -1.26. The second-order valence-corrected chi connectivity index (χ2v) is 8.06. The standard InChI is InChI=1S/C17H27NO4/c1-11-6-17(18-15(20)22-10-21-12(2)19)8-13-4-5-14(11)16(3,7-13)9-17/h11,13-14H,4-10H2,1-3H3,(H,18,20). The van der Waals surface area contributed by atoms with Gasteiger partial charge < -0.3 is 14.8 Å². The molecule has 0 aliphatic heterocycles. The lowest BCUT2D eigenvalue weighted by Gasteiger charge is -2.62. The molecule has 0 aromatic carbocycles. The van der Waals surface area contributed by atoms with Gasteiger partial charge in [0.05, 0.1) is 0 Å². The number of amides is 1. The van der Waals surface area contributed by atoms with Crippen molar-refractivity contribution in [1.82, 2.24) is 5.32 Å². The predicted octanol–water partition coefficient (Wildman–Crippen LogP) is 3.23. The van der Waals surface area contributed by atoms with Crippen LogP contribution in [0.4, 0.5) is 4.79 Å². The van der Waals surface area contributed by atoms with Crippen LogP contribution in [0.2, 0.25) is 0 Å². The summed E-state index contributed by atoms with van der Waals surface area (Å²) in [5, 5.41) is 3.13. The molecular formula is C17H27NO4. The van der Waals surface area contributed by atoms with Crippen LogP contribution < -0.4 is 5.32 Å². The smallest absolute Gasteiger partial charge is 0.410 e. The van der Waals surface area contributed by atoms with Gasteiger partial charge in [-0.2, -0.15) is 0 Å². The summed E-state index contributed by atoms with van der Waals surface area (Å²) in [5.41, 5.74) is 0.212. The minimum atomic E-state index is -0.463. The van der Waals surface area contributed by atoms with Crippen LogP contribution in [0.1, 0.15) is 59.3 Å². The van der Waals surface area contributed by atoms with Crippen LogP contribution in [0.5, 0.6) is 0 Å². The van der Waals surface area contributed by atoms with Gasteiger partial charge in [0.15, 0.2) is 0 Å². The Morgan fingerprint density at radius 3 is 2.68 bits per heavy atom. The monoisotopic (exact) mass is 309 g/mol. The number of nitrogens with one attached hydrogen (secondary N) is 1. The van der Waals surface area contributed by atoms with E-state index in [1.807, 2.05) is 0 Å². The van der Waals surface area contributed by atoms with Gasteiger partial charge in [-0.1, -0.05) is 20.3 Å². The first-order valence-corrected chi connectivity index (χ1v) is 8.40. The zero-order valence-corrected chi connectivity index (χ0v) is 13.8. The van der Waals surface area contributed by atoms with Crippen molar-refractivity contribution < 1.29 is 19.1 Å². The SMILES string of the molecule is CC(=O)OCOC(=O)NC12CC3CCC(C(C)C1)C(C)(C3)C2. The van der Waals surface area contributed by atoms with E-state index >= 15 is 0 Å². The first-order chi connectivity index (χ1) is 10.3. The minimum absolute atomic E-state index is 0.138. The maximum Gasteiger partial charge on any atom is 0.410 e. The molecule has 5 heteroatoms. The third-order valence-corrected chi connectivity index (χ3v) is 6.18. The fourth-order valence-electron chi connectivity index (χ4n) is 5.90. The summed E-state index contributed by atoms with van der Waals surface area (Å²) in [4.78, 5) is 22.8. The van der Waals surface area contributed by atoms with Gasteiger partial charge in [0.1, 0.15) is 0 Å². The van der Waals surface area contributed by atoms with Crippen molar-refractivity contribution in [3.63, 3.8) is 0 Å². The van der Waals surface area contributed by atoms with Crippen molar-refractivity contribution in [2.75, 3.05) is 6.79 Å². The molecular weight excluding hydrogens is 282 g/mol. The molecule has 0 aromatic rings. The summed E-state index contributed by atoms with van der Waals surface area (Å²) < 4.78 is 9.67. The van der Waals surface area contributed by atoms with Gasteiger partial charge in [-0.25, -0.2) is 4.79 Å². The van der Waals surface area contributed by atoms with Gasteiger partial charge in [-0.15, -0.1) is 0 Å². The lowest BCUT2D eigenvalue weighted by molar-refractivity contribution is -0.149. The Labute approximate surface area is 132 Å². The zero-order chi connectivity index (χ0) is 16.0. The minimum Gasteiger partial charge on any atom is -0.428 e. The number of carbonyl (C=O) groups excluding carboxylic acids is 2. The molecule has 5 unspecified atom stereocenters. The average Bonchev–Trinajstić information content (AvgIpc) is 2.34. The number of hydrogen-bond donors (Lipinski definition) is 1. The second kappa shape index (κ2) is 5.43. The Bertz CT molecular complexity index is 475. The van der Waals surface area contributed by atoms with Gasteiger partial charge in [0, 0.05) is 12.5 Å². The molecule has 3 saturated carbocycles. The van der Waals surface area contributed by atoms with E-state index in [-0.39, 0.29) is 12.3 Å². The van der Waals surface area contributed by atoms with Crippen LogP contribution in [0.25, 0.3) is 0 Å². The number of esters is 1. The summed E-state index contributed by atoms with van der Waals surface area (Å²) in [6.45, 7) is 5.72. The topological polar surface area (TPSA) is 64.6 Å². The second-order valence-electron chi connectivity index (χ2n) is 8.06. The molecule has 1 amide bonds. The van der Waals surface area contributed by atoms with E-state index in [2.05, 4.69) is 23.9 Å². The average molecular weight is 309 g/mol. The van der Waals surface area contributed by atoms with Crippen LogP contribution >= 0.6 is 0 Å². The molecule has 3 rings (SSSR count). The van der Waals surface area contributed by atoms with Crippen molar-refractivity contribution in [2.45, 2.75) is 64.8 Å². The lowest BCUT2D eigenvalue weighted by atomic mass is 9.45. The molecule has 0 spiro atoms. The Balaban J connectivity index is 1.67. The number of fused-ring (bicyclic) bond motifs is 2. The highest BCUT2D eigenvalue weighted by Crippen LogP contribution is 2.62. The van der Waals surface area contributed by atoms with Gasteiger partial charge in [0.25, 0.3) is 0 Å². The summed E-state index contributed by atoms with van der Waals surface area (Å²) in [7, 11) is 0. The largest absolute Gasteiger partial charge is 0.428 e. The maximum atomic E-state index is 12.1. The number of rotatable bonds is 3. The summed E-state index contributed by atoms with van der Waals surface area (Å²) in [6, 6.07) is 0. The van der Waals surface area contributed by atoms with Crippen molar-refractivity contribution in [2.24, 2.45) is 23.2 Å². The van der Waals surface area contributed by atoms with Gasteiger partial charge in [-0.05, 0) is 55.3 Å². The van der Waals surface area contributed by atoms with Crippen LogP contribution in [0.3, 0.4) is 0 Å². The lowest BCUT2D eigenvalue weighted by Crippen LogP contribution is -2.63. The third kappa shape index (κ3) is 2.82. The molecule has 0 heterocycles. The van der Waals surface area contributed by atoms with E-state index in [1.54, 1.807) is 0 Å². The molecule has 0 aromatic heterocycles. The number of carbonyl (C=O) groups is 2. The van der Waals surface area contributed by atoms with Crippen molar-refractivity contribution in [3.8, 4) is 0 Å². The number of alkyl carbamates (subject to hydrolysis) is 1. The van der Waals surface area contributed by atoms with Crippen molar-refractivity contribution >= 4 is 12.1 Å². The normalized spacial score (nSPS) is 42.6. The fraction of sp³-hybridized carbons (Fsp3) is 0.882. The molecule has 0 saturated heterocycles. The summed E-state index contributed by atoms with van der Waals surface area (Å²) in [6.07, 6.45) is 6.61. The molecule has 5 atom stereocenters. The zero-order valence-electron chi connectivity index (χ0n) is 13.8. The van der Waals surface area contributed by atoms with E-state index in [0.29, 0.717) is 11.3 Å². The van der Waals surface area contributed by atoms with Crippen molar-refractivity contribution in [1.29, 1.82) is 0 Å². The number of hydrogen-bond acceptors (Lipinski definition) is 4. The van der Waals surface area contributed by atoms with Crippen LogP contribution in [-0.4, -0.2) is 24.4 Å². The molecule has 0 radical (unpaired) electrons. The van der Waals surface area contributed by atoms with Crippen LogP contribution in [0, 0.1) is 23.2 Å². The van der Waals surface area contributed by atoms with E-state index < -0.39 is 12.1 Å². The molecule has 3 fully saturated rings. The molecule has 124 valence electrons. The summed E-state index contributed by atoms with van der Waals surface area (Å²) in [5.74, 6) is 1.70. The van der Waals surface area contributed by atoms with E-state index in [1.165, 1.54) is 26.2 Å². The van der Waals surface area contributed by atoms with Gasteiger partial charge >= 0.3 is 12.1 Å². The molecule has 1 N–H and O–H groups in total. The first-order valence-electron chi connectivity index (χ1n) is 8.40. The van der Waals surface area contributed by atoms with E-state index in [0.717, 1.165) is 31.1 Å². The first kappa shape index (κ1) is 15.6.